The predicted molar refractivity (Wildman–Crippen MR) is 412 cm³/mol. The third kappa shape index (κ3) is 78.0. The third-order valence-corrected chi connectivity index (χ3v) is 16.8. The van der Waals surface area contributed by atoms with Gasteiger partial charge in [0.25, 0.3) is 0 Å². The fraction of sp³-hybridized carbons (Fsp3) is 0.624. The zero-order chi connectivity index (χ0) is 68.6. The molecule has 0 aromatic carbocycles. The molecule has 0 aliphatic rings. The topological polar surface area (TPSA) is 134 Å². The number of esters is 2. The van der Waals surface area contributed by atoms with Gasteiger partial charge in [-0.2, -0.15) is 0 Å². The van der Waals surface area contributed by atoms with Crippen molar-refractivity contribution in [3.63, 3.8) is 0 Å². The van der Waals surface area contributed by atoms with Crippen molar-refractivity contribution in [3.05, 3.63) is 182 Å². The van der Waals surface area contributed by atoms with Gasteiger partial charge in [-0.1, -0.05) is 344 Å². The van der Waals surface area contributed by atoms with Gasteiger partial charge >= 0.3 is 19.8 Å². The Morgan fingerprint density at radius 3 is 0.832 bits per heavy atom. The van der Waals surface area contributed by atoms with Gasteiger partial charge in [0.05, 0.1) is 13.2 Å². The molecule has 0 rings (SSSR count). The van der Waals surface area contributed by atoms with Crippen molar-refractivity contribution in [2.45, 2.75) is 315 Å². The van der Waals surface area contributed by atoms with E-state index in [2.05, 4.69) is 196 Å². The Hall–Kier alpha value is -4.89. The van der Waals surface area contributed by atoms with Gasteiger partial charge in [-0.15, -0.1) is 0 Å². The largest absolute Gasteiger partial charge is 0.472 e. The van der Waals surface area contributed by atoms with Crippen LogP contribution in [0, 0.1) is 0 Å². The first-order chi connectivity index (χ1) is 46.8. The lowest BCUT2D eigenvalue weighted by Gasteiger charge is -2.19. The Morgan fingerprint density at radius 1 is 0.316 bits per heavy atom. The summed E-state index contributed by atoms with van der Waals surface area (Å²) in [5, 5.41) is 0. The molecule has 0 spiro atoms. The number of ether oxygens (including phenoxy) is 2. The quantitative estimate of drug-likeness (QED) is 0.0264. The van der Waals surface area contributed by atoms with Gasteiger partial charge in [-0.05, 0) is 135 Å². The van der Waals surface area contributed by atoms with E-state index in [0.717, 1.165) is 128 Å². The van der Waals surface area contributed by atoms with Crippen LogP contribution in [0.15, 0.2) is 182 Å². The molecule has 10 heteroatoms. The van der Waals surface area contributed by atoms with E-state index < -0.39 is 32.5 Å². The summed E-state index contributed by atoms with van der Waals surface area (Å²) in [7, 11) is -4.42. The van der Waals surface area contributed by atoms with Gasteiger partial charge < -0.3 is 20.1 Å². The maximum Gasteiger partial charge on any atom is 0.472 e. The van der Waals surface area contributed by atoms with Crippen LogP contribution in [-0.4, -0.2) is 49.3 Å². The zero-order valence-electron chi connectivity index (χ0n) is 60.6. The molecule has 0 bridgehead atoms. The normalized spacial score (nSPS) is 13.9. The van der Waals surface area contributed by atoms with Crippen molar-refractivity contribution >= 4 is 19.8 Å². The summed E-state index contributed by atoms with van der Waals surface area (Å²) in [5.74, 6) is -0.881. The van der Waals surface area contributed by atoms with Crippen molar-refractivity contribution in [1.82, 2.24) is 0 Å². The highest BCUT2D eigenvalue weighted by Crippen LogP contribution is 2.43. The minimum atomic E-state index is -4.42. The fourth-order valence-corrected chi connectivity index (χ4v) is 11.0. The molecule has 0 saturated carbocycles. The summed E-state index contributed by atoms with van der Waals surface area (Å²) in [6.45, 7) is 3.47. The van der Waals surface area contributed by atoms with Crippen LogP contribution in [0.2, 0.25) is 0 Å². The number of phosphoric ester groups is 1. The average Bonchev–Trinajstić information content (AvgIpc) is 3.25. The predicted octanol–water partition coefficient (Wildman–Crippen LogP) is 25.9. The molecule has 0 saturated heterocycles. The van der Waals surface area contributed by atoms with Crippen LogP contribution < -0.4 is 5.73 Å². The maximum atomic E-state index is 12.8. The SMILES string of the molecule is CC/C=C\C/C=C\C/C=C\C/C=C\C/C=C\C/C=C\C/C=C\C/C=C\C/C=C\C/C=C\CCCCC(=O)OC(COC(=O)CCCCCCCCCCCCCCCCCCCCCCCCCCC/C=C\C/C=C\C/C=C\C/C=C\C/C=C\CC)COP(=O)(O)OCCN. The Morgan fingerprint density at radius 2 is 0.547 bits per heavy atom. The van der Waals surface area contributed by atoms with Crippen LogP contribution >= 0.6 is 7.82 Å². The Balaban J connectivity index is 3.91. The van der Waals surface area contributed by atoms with E-state index in [-0.39, 0.29) is 32.6 Å². The third-order valence-electron chi connectivity index (χ3n) is 15.8. The van der Waals surface area contributed by atoms with Crippen molar-refractivity contribution in [3.8, 4) is 0 Å². The molecular weight excluding hydrogens is 1190 g/mol. The first kappa shape index (κ1) is 90.1. The van der Waals surface area contributed by atoms with Crippen molar-refractivity contribution < 1.29 is 37.6 Å². The Kier molecular flexibility index (Phi) is 74.1. The number of rotatable bonds is 70. The summed E-state index contributed by atoms with van der Waals surface area (Å²) in [6, 6.07) is 0. The standard InChI is InChI=1S/C85H140NO8P/c1-3-5-7-9-11-13-15-17-19-21-23-25-27-29-31-33-35-37-38-39-40-41-42-43-44-46-47-49-51-53-55-57-59-61-63-65-67-69-71-73-75-77-84(87)91-81-83(82-93-95(89,90)92-80-79-86)94-85(88)78-76-74-72-70-68-66-64-62-60-58-56-54-52-50-48-45-36-34-32-30-28-26-24-22-20-18-16-14-12-10-8-6-4-2/h5-8,11-14,17-20,23-26,29-32,36,45,50,52,56,58,62,64,68,70,83H,3-4,9-10,15-16,21-22,27-28,33-35,37-44,46-49,51,53-55,57,59-61,63,65-67,69,71-82,86H2,1-2H3,(H,89,90)/b7-5-,8-6-,13-11-,14-12-,19-17-,20-18-,25-23-,26-24-,31-29-,32-30-,45-36-,52-50-,58-56-,64-62-,70-68-. The lowest BCUT2D eigenvalue weighted by molar-refractivity contribution is -0.161. The van der Waals surface area contributed by atoms with E-state index in [0.29, 0.717) is 6.42 Å². The number of unbranched alkanes of at least 4 members (excludes halogenated alkanes) is 27. The molecule has 95 heavy (non-hydrogen) atoms. The van der Waals surface area contributed by atoms with E-state index in [1.165, 1.54) is 148 Å². The molecule has 3 N–H and O–H groups in total. The number of nitrogens with two attached hydrogens (primary N) is 1. The highest BCUT2D eigenvalue weighted by Gasteiger charge is 2.26. The van der Waals surface area contributed by atoms with Crippen LogP contribution in [0.3, 0.4) is 0 Å². The lowest BCUT2D eigenvalue weighted by atomic mass is 10.0. The van der Waals surface area contributed by atoms with Crippen LogP contribution in [0.4, 0.5) is 0 Å². The second-order valence-electron chi connectivity index (χ2n) is 24.8. The van der Waals surface area contributed by atoms with Crippen molar-refractivity contribution in [1.29, 1.82) is 0 Å². The van der Waals surface area contributed by atoms with Gasteiger partial charge in [0.2, 0.25) is 0 Å². The van der Waals surface area contributed by atoms with Crippen LogP contribution in [0.5, 0.6) is 0 Å². The second-order valence-corrected chi connectivity index (χ2v) is 26.2. The van der Waals surface area contributed by atoms with E-state index in [1.54, 1.807) is 0 Å². The highest BCUT2D eigenvalue weighted by molar-refractivity contribution is 7.47. The van der Waals surface area contributed by atoms with E-state index >= 15 is 0 Å². The smallest absolute Gasteiger partial charge is 0.462 e. The minimum Gasteiger partial charge on any atom is -0.462 e. The number of hydrogen-bond donors (Lipinski definition) is 2. The van der Waals surface area contributed by atoms with Crippen LogP contribution in [0.1, 0.15) is 309 Å². The molecule has 0 fully saturated rings. The van der Waals surface area contributed by atoms with E-state index in [9.17, 15) is 19.0 Å². The molecule has 9 nitrogen and oxygen atoms in total. The lowest BCUT2D eigenvalue weighted by Crippen LogP contribution is -2.29. The monoisotopic (exact) mass is 1330 g/mol. The number of allylic oxidation sites excluding steroid dienone is 30. The molecular formula is C85H140NO8P. The summed E-state index contributed by atoms with van der Waals surface area (Å²) in [5.41, 5.74) is 5.40. The minimum absolute atomic E-state index is 0.0386. The molecule has 0 heterocycles. The van der Waals surface area contributed by atoms with Gasteiger partial charge in [-0.3, -0.25) is 18.6 Å². The summed E-state index contributed by atoms with van der Waals surface area (Å²) in [6.07, 6.45) is 117. The summed E-state index contributed by atoms with van der Waals surface area (Å²) >= 11 is 0. The number of hydrogen-bond acceptors (Lipinski definition) is 8. The molecule has 538 valence electrons. The van der Waals surface area contributed by atoms with Crippen molar-refractivity contribution in [2.75, 3.05) is 26.4 Å². The molecule has 0 aromatic rings. The van der Waals surface area contributed by atoms with E-state index in [1.807, 2.05) is 0 Å². The Labute approximate surface area is 584 Å². The fourth-order valence-electron chi connectivity index (χ4n) is 10.2. The molecule has 0 aliphatic carbocycles. The zero-order valence-corrected chi connectivity index (χ0v) is 61.5. The van der Waals surface area contributed by atoms with Gasteiger partial charge in [0.15, 0.2) is 6.10 Å². The number of phosphoric acid groups is 1. The van der Waals surface area contributed by atoms with Gasteiger partial charge in [-0.25, -0.2) is 4.57 Å². The highest BCUT2D eigenvalue weighted by atomic mass is 31.2. The molecule has 0 radical (unpaired) electrons. The maximum absolute atomic E-state index is 12.8. The van der Waals surface area contributed by atoms with Crippen LogP contribution in [-0.2, 0) is 32.7 Å². The van der Waals surface area contributed by atoms with Crippen LogP contribution in [0.25, 0.3) is 0 Å². The van der Waals surface area contributed by atoms with E-state index in [4.69, 9.17) is 24.3 Å². The molecule has 2 atom stereocenters. The second kappa shape index (κ2) is 78.1. The molecule has 0 aliphatic heterocycles. The molecule has 0 amide bonds. The summed E-state index contributed by atoms with van der Waals surface area (Å²) in [4.78, 5) is 35.4. The average molecular weight is 1340 g/mol. The Bertz CT molecular complexity index is 2220. The molecule has 2 unspecified atom stereocenters. The van der Waals surface area contributed by atoms with Crippen molar-refractivity contribution in [2.24, 2.45) is 5.73 Å². The number of carbonyl (C=O) groups is 2. The van der Waals surface area contributed by atoms with Gasteiger partial charge in [0.1, 0.15) is 6.61 Å². The first-order valence-corrected chi connectivity index (χ1v) is 39.8. The summed E-state index contributed by atoms with van der Waals surface area (Å²) < 4.78 is 33.2. The molecule has 0 aromatic heterocycles. The number of carbonyl (C=O) groups excluding carboxylic acids is 2. The van der Waals surface area contributed by atoms with Gasteiger partial charge in [0, 0.05) is 19.4 Å². The first-order valence-electron chi connectivity index (χ1n) is 38.3.